The third kappa shape index (κ3) is 5.97. The number of carbonyl (C=O) groups excluding carboxylic acids is 2. The van der Waals surface area contributed by atoms with E-state index in [4.69, 9.17) is 4.74 Å². The molecule has 0 bridgehead atoms. The lowest BCUT2D eigenvalue weighted by atomic mass is 10.1. The Bertz CT molecular complexity index is 1600. The number of rotatable bonds is 10. The van der Waals surface area contributed by atoms with Gasteiger partial charge in [0.2, 0.25) is 0 Å². The molecule has 2 heterocycles. The summed E-state index contributed by atoms with van der Waals surface area (Å²) in [5.41, 5.74) is 8.35. The van der Waals surface area contributed by atoms with Gasteiger partial charge in [-0.25, -0.2) is 0 Å². The largest absolute Gasteiger partial charge is 0.497 e. The van der Waals surface area contributed by atoms with Gasteiger partial charge in [-0.1, -0.05) is 36.4 Å². The summed E-state index contributed by atoms with van der Waals surface area (Å²) >= 11 is 0. The van der Waals surface area contributed by atoms with Crippen LogP contribution in [0.15, 0.2) is 97.1 Å². The van der Waals surface area contributed by atoms with Crippen molar-refractivity contribution in [2.45, 2.75) is 0 Å². The van der Waals surface area contributed by atoms with Crippen molar-refractivity contribution in [1.82, 2.24) is 9.13 Å². The number of benzene rings is 3. The van der Waals surface area contributed by atoms with Gasteiger partial charge >= 0.3 is 0 Å². The Kier molecular flexibility index (Phi) is 8.11. The van der Waals surface area contributed by atoms with E-state index in [9.17, 15) is 9.59 Å². The molecular formula is C35H31N3O3. The molecule has 0 atom stereocenters. The van der Waals surface area contributed by atoms with Crippen LogP contribution in [0.2, 0.25) is 0 Å². The number of aromatic nitrogens is 2. The average Bonchev–Trinajstić information content (AvgIpc) is 3.57. The molecule has 3 aromatic carbocycles. The van der Waals surface area contributed by atoms with Gasteiger partial charge in [0, 0.05) is 42.5 Å². The van der Waals surface area contributed by atoms with Crippen LogP contribution < -0.4 is 9.64 Å². The lowest BCUT2D eigenvalue weighted by Gasteiger charge is -2.26. The number of anilines is 3. The smallest absolute Gasteiger partial charge is 0.166 e. The monoisotopic (exact) mass is 541 g/mol. The van der Waals surface area contributed by atoms with Crippen molar-refractivity contribution in [2.24, 2.45) is 14.1 Å². The van der Waals surface area contributed by atoms with Crippen molar-refractivity contribution < 1.29 is 14.3 Å². The molecule has 0 spiro atoms. The van der Waals surface area contributed by atoms with Crippen LogP contribution in [0, 0.1) is 0 Å². The van der Waals surface area contributed by atoms with Crippen molar-refractivity contribution in [2.75, 3.05) is 12.0 Å². The molecule has 0 amide bonds. The minimum atomic E-state index is 0.642. The molecule has 41 heavy (non-hydrogen) atoms. The molecule has 0 unspecified atom stereocenters. The number of aldehydes is 2. The predicted octanol–water partition coefficient (Wildman–Crippen LogP) is 7.81. The zero-order valence-corrected chi connectivity index (χ0v) is 23.3. The highest BCUT2D eigenvalue weighted by Crippen LogP contribution is 2.35. The van der Waals surface area contributed by atoms with E-state index in [0.29, 0.717) is 11.4 Å². The summed E-state index contributed by atoms with van der Waals surface area (Å²) in [6.07, 6.45) is 9.80. The summed E-state index contributed by atoms with van der Waals surface area (Å²) in [5.74, 6) is 0.798. The summed E-state index contributed by atoms with van der Waals surface area (Å²) in [6.45, 7) is 0. The molecule has 5 rings (SSSR count). The number of ether oxygens (including phenoxy) is 1. The molecule has 6 heteroatoms. The number of nitrogens with zero attached hydrogens (tertiary/aromatic N) is 3. The second-order valence-corrected chi connectivity index (χ2v) is 9.60. The predicted molar refractivity (Wildman–Crippen MR) is 167 cm³/mol. The quantitative estimate of drug-likeness (QED) is 0.169. The fraction of sp³-hybridized carbons (Fsp3) is 0.0857. The first-order valence-corrected chi connectivity index (χ1v) is 13.2. The van der Waals surface area contributed by atoms with Gasteiger partial charge in [0.05, 0.1) is 18.5 Å². The maximum atomic E-state index is 11.1. The molecule has 0 saturated carbocycles. The van der Waals surface area contributed by atoms with Gasteiger partial charge in [-0.05, 0) is 96.1 Å². The Morgan fingerprint density at radius 1 is 0.512 bits per heavy atom. The fourth-order valence-corrected chi connectivity index (χ4v) is 4.67. The van der Waals surface area contributed by atoms with Gasteiger partial charge in [-0.15, -0.1) is 0 Å². The van der Waals surface area contributed by atoms with Gasteiger partial charge in [0.15, 0.2) is 12.6 Å². The second-order valence-electron chi connectivity index (χ2n) is 9.60. The minimum Gasteiger partial charge on any atom is -0.497 e. The summed E-state index contributed by atoms with van der Waals surface area (Å²) in [5, 5.41) is 0. The van der Waals surface area contributed by atoms with Crippen LogP contribution in [-0.4, -0.2) is 28.8 Å². The first-order chi connectivity index (χ1) is 20.0. The van der Waals surface area contributed by atoms with Crippen LogP contribution in [0.3, 0.4) is 0 Å². The fourth-order valence-electron chi connectivity index (χ4n) is 4.67. The molecule has 0 N–H and O–H groups in total. The van der Waals surface area contributed by atoms with E-state index < -0.39 is 0 Å². The average molecular weight is 542 g/mol. The molecule has 0 aliphatic heterocycles. The van der Waals surface area contributed by atoms with E-state index >= 15 is 0 Å². The Morgan fingerprint density at radius 2 is 0.878 bits per heavy atom. The van der Waals surface area contributed by atoms with Crippen molar-refractivity contribution in [3.63, 3.8) is 0 Å². The Balaban J connectivity index is 1.42. The number of methoxy groups -OCH3 is 1. The highest BCUT2D eigenvalue weighted by Gasteiger charge is 2.13. The minimum absolute atomic E-state index is 0.642. The normalized spacial score (nSPS) is 11.3. The third-order valence-electron chi connectivity index (χ3n) is 7.17. The lowest BCUT2D eigenvalue weighted by Crippen LogP contribution is -2.09. The summed E-state index contributed by atoms with van der Waals surface area (Å²) in [7, 11) is 5.42. The summed E-state index contributed by atoms with van der Waals surface area (Å²) in [4.78, 5) is 24.5. The van der Waals surface area contributed by atoms with Crippen LogP contribution >= 0.6 is 0 Å². The van der Waals surface area contributed by atoms with Crippen molar-refractivity contribution in [1.29, 1.82) is 0 Å². The highest BCUT2D eigenvalue weighted by atomic mass is 16.5. The molecule has 0 fully saturated rings. The topological polar surface area (TPSA) is 56.5 Å². The van der Waals surface area contributed by atoms with Crippen molar-refractivity contribution in [3.05, 3.63) is 131 Å². The molecule has 5 aromatic rings. The molecule has 6 nitrogen and oxygen atoms in total. The number of hydrogen-bond donors (Lipinski definition) is 0. The second kappa shape index (κ2) is 12.2. The molecule has 0 aliphatic rings. The van der Waals surface area contributed by atoms with Gasteiger partial charge < -0.3 is 18.8 Å². The standard InChI is InChI=1S/C35H31N3O3/c1-36-28(16-18-33(36)24-39)10-4-26-6-12-30(13-7-26)38(32-20-22-35(41-3)23-21-32)31-14-8-27(9-15-31)5-11-29-17-19-34(25-40)37(29)2/h4-25H,1-3H3/b10-4+,11-5+. The molecule has 0 aliphatic carbocycles. The van der Waals surface area contributed by atoms with Gasteiger partial charge in [-0.3, -0.25) is 9.59 Å². The van der Waals surface area contributed by atoms with Crippen LogP contribution in [0.5, 0.6) is 5.75 Å². The van der Waals surface area contributed by atoms with Crippen LogP contribution in [-0.2, 0) is 14.1 Å². The zero-order chi connectivity index (χ0) is 28.8. The van der Waals surface area contributed by atoms with E-state index in [1.54, 1.807) is 7.11 Å². The summed E-state index contributed by atoms with van der Waals surface area (Å²) < 4.78 is 9.11. The Morgan fingerprint density at radius 3 is 1.22 bits per heavy atom. The van der Waals surface area contributed by atoms with E-state index in [2.05, 4.69) is 53.4 Å². The summed E-state index contributed by atoms with van der Waals surface area (Å²) in [6, 6.07) is 32.2. The lowest BCUT2D eigenvalue weighted by molar-refractivity contribution is 0.110. The number of hydrogen-bond acceptors (Lipinski definition) is 4. The van der Waals surface area contributed by atoms with E-state index in [1.807, 2.05) is 96.1 Å². The number of carbonyl (C=O) groups is 2. The van der Waals surface area contributed by atoms with Gasteiger partial charge in [0.1, 0.15) is 5.75 Å². The van der Waals surface area contributed by atoms with Crippen LogP contribution in [0.25, 0.3) is 24.3 Å². The van der Waals surface area contributed by atoms with E-state index in [-0.39, 0.29) is 0 Å². The SMILES string of the molecule is COc1ccc(N(c2ccc(/C=C/c3ccc(C=O)n3C)cc2)c2ccc(/C=C/c3ccc(C=O)n3C)cc2)cc1. The third-order valence-corrected chi connectivity index (χ3v) is 7.17. The molecule has 0 saturated heterocycles. The maximum Gasteiger partial charge on any atom is 0.166 e. The van der Waals surface area contributed by atoms with Crippen LogP contribution in [0.1, 0.15) is 43.5 Å². The molecule has 0 radical (unpaired) electrons. The molecule has 204 valence electrons. The van der Waals surface area contributed by atoms with Gasteiger partial charge in [-0.2, -0.15) is 0 Å². The Hall–Kier alpha value is -5.36. The van der Waals surface area contributed by atoms with Gasteiger partial charge in [0.25, 0.3) is 0 Å². The first kappa shape index (κ1) is 27.2. The first-order valence-electron chi connectivity index (χ1n) is 13.2. The zero-order valence-electron chi connectivity index (χ0n) is 23.3. The molecule has 2 aromatic heterocycles. The van der Waals surface area contributed by atoms with Crippen molar-refractivity contribution in [3.8, 4) is 5.75 Å². The molecular weight excluding hydrogens is 510 g/mol. The Labute approximate surface area is 240 Å². The van der Waals surface area contributed by atoms with E-state index in [1.165, 1.54) is 0 Å². The van der Waals surface area contributed by atoms with Crippen molar-refractivity contribution >= 4 is 53.9 Å². The highest BCUT2D eigenvalue weighted by molar-refractivity contribution is 5.80. The van der Waals surface area contributed by atoms with E-state index in [0.717, 1.165) is 57.9 Å². The maximum absolute atomic E-state index is 11.1. The van der Waals surface area contributed by atoms with Crippen LogP contribution in [0.4, 0.5) is 17.1 Å².